The molecule has 0 spiro atoms. The molecule has 0 radical (unpaired) electrons. The molecule has 0 bridgehead atoms. The average molecular weight is 607 g/mol. The van der Waals surface area contributed by atoms with Crippen molar-refractivity contribution in [3.05, 3.63) is 97.2 Å². The first-order valence-corrected chi connectivity index (χ1v) is 17.2. The summed E-state index contributed by atoms with van der Waals surface area (Å²) in [6.07, 6.45) is 51.4. The third-order valence-corrected chi connectivity index (χ3v) is 6.79. The third kappa shape index (κ3) is 33.4. The van der Waals surface area contributed by atoms with E-state index in [9.17, 15) is 9.59 Å². The molecule has 0 amide bonds. The van der Waals surface area contributed by atoms with E-state index in [0.717, 1.165) is 109 Å². The van der Waals surface area contributed by atoms with Crippen LogP contribution in [0.1, 0.15) is 136 Å². The van der Waals surface area contributed by atoms with Gasteiger partial charge in [0.1, 0.15) is 6.10 Å². The lowest BCUT2D eigenvalue weighted by atomic mass is 10.1. The van der Waals surface area contributed by atoms with Crippen LogP contribution in [0, 0.1) is 0 Å². The van der Waals surface area contributed by atoms with Gasteiger partial charge in [0.2, 0.25) is 0 Å². The smallest absolute Gasteiger partial charge is 0.306 e. The molecule has 4 heteroatoms. The van der Waals surface area contributed by atoms with Gasteiger partial charge < -0.3 is 9.84 Å². The molecule has 0 aromatic carbocycles. The Morgan fingerprint density at radius 2 is 0.955 bits per heavy atom. The molecule has 0 fully saturated rings. The van der Waals surface area contributed by atoms with Gasteiger partial charge >= 0.3 is 11.9 Å². The number of aliphatic carboxylic acids is 1. The van der Waals surface area contributed by atoms with E-state index in [2.05, 4.69) is 105 Å². The predicted molar refractivity (Wildman–Crippen MR) is 190 cm³/mol. The lowest BCUT2D eigenvalue weighted by Crippen LogP contribution is -2.16. The Hall–Kier alpha value is -3.14. The molecule has 0 aliphatic carbocycles. The minimum Gasteiger partial charge on any atom is -0.481 e. The molecule has 246 valence electrons. The number of ether oxygens (including phenoxy) is 1. The molecule has 0 aromatic heterocycles. The van der Waals surface area contributed by atoms with Gasteiger partial charge in [0, 0.05) is 12.8 Å². The zero-order chi connectivity index (χ0) is 32.2. The highest BCUT2D eigenvalue weighted by atomic mass is 16.5. The largest absolute Gasteiger partial charge is 0.481 e. The Kier molecular flexibility index (Phi) is 31.9. The third-order valence-electron chi connectivity index (χ3n) is 6.79. The van der Waals surface area contributed by atoms with Gasteiger partial charge in [-0.2, -0.15) is 0 Å². The number of hydrogen-bond donors (Lipinski definition) is 1. The Morgan fingerprint density at radius 3 is 1.48 bits per heavy atom. The predicted octanol–water partition coefficient (Wildman–Crippen LogP) is 11.9. The molecule has 0 aliphatic rings. The molecule has 1 N–H and O–H groups in total. The highest BCUT2D eigenvalue weighted by molar-refractivity contribution is 5.69. The zero-order valence-corrected chi connectivity index (χ0v) is 27.9. The quantitative estimate of drug-likeness (QED) is 0.0522. The van der Waals surface area contributed by atoms with Gasteiger partial charge in [-0.05, 0) is 96.0 Å². The van der Waals surface area contributed by atoms with Crippen molar-refractivity contribution < 1.29 is 19.4 Å². The normalized spacial score (nSPS) is 13.5. The molecule has 44 heavy (non-hydrogen) atoms. The van der Waals surface area contributed by atoms with Crippen LogP contribution in [0.4, 0.5) is 0 Å². The fourth-order valence-corrected chi connectivity index (χ4v) is 4.32. The van der Waals surface area contributed by atoms with E-state index in [-0.39, 0.29) is 18.5 Å². The maximum atomic E-state index is 12.6. The number of allylic oxidation sites excluding steroid dienone is 15. The van der Waals surface area contributed by atoms with Crippen LogP contribution in [0.3, 0.4) is 0 Å². The maximum Gasteiger partial charge on any atom is 0.306 e. The van der Waals surface area contributed by atoms with Crippen LogP contribution >= 0.6 is 0 Å². The van der Waals surface area contributed by atoms with E-state index in [0.29, 0.717) is 6.42 Å². The minimum atomic E-state index is -0.727. The van der Waals surface area contributed by atoms with Gasteiger partial charge in [0.25, 0.3) is 0 Å². The Morgan fingerprint density at radius 1 is 0.523 bits per heavy atom. The summed E-state index contributed by atoms with van der Waals surface area (Å²) >= 11 is 0. The summed E-state index contributed by atoms with van der Waals surface area (Å²) in [5, 5.41) is 8.78. The highest BCUT2D eigenvalue weighted by Crippen LogP contribution is 2.14. The lowest BCUT2D eigenvalue weighted by Gasteiger charge is -2.14. The first-order valence-electron chi connectivity index (χ1n) is 17.2. The first kappa shape index (κ1) is 40.9. The summed E-state index contributed by atoms with van der Waals surface area (Å²) < 4.78 is 5.84. The number of carboxylic acid groups (broad SMARTS) is 1. The van der Waals surface area contributed by atoms with Gasteiger partial charge in [0.15, 0.2) is 0 Å². The van der Waals surface area contributed by atoms with Crippen LogP contribution in [0.25, 0.3) is 0 Å². The van der Waals surface area contributed by atoms with Gasteiger partial charge in [-0.3, -0.25) is 9.59 Å². The van der Waals surface area contributed by atoms with E-state index < -0.39 is 5.97 Å². The number of unbranched alkanes of at least 4 members (excludes halogenated alkanes) is 6. The number of hydrogen-bond acceptors (Lipinski definition) is 3. The summed E-state index contributed by atoms with van der Waals surface area (Å²) in [5.74, 6) is -0.848. The molecule has 0 heterocycles. The van der Waals surface area contributed by atoms with E-state index in [4.69, 9.17) is 9.84 Å². The number of carbonyl (C=O) groups is 2. The second-order valence-electron chi connectivity index (χ2n) is 10.9. The second kappa shape index (κ2) is 34.4. The van der Waals surface area contributed by atoms with E-state index >= 15 is 0 Å². The zero-order valence-electron chi connectivity index (χ0n) is 27.9. The lowest BCUT2D eigenvalue weighted by molar-refractivity contribution is -0.147. The van der Waals surface area contributed by atoms with Crippen molar-refractivity contribution in [2.75, 3.05) is 0 Å². The number of carbonyl (C=O) groups excluding carboxylic acids is 1. The molecular formula is C40H62O4. The van der Waals surface area contributed by atoms with Crippen LogP contribution in [0.5, 0.6) is 0 Å². The minimum absolute atomic E-state index is 0.121. The summed E-state index contributed by atoms with van der Waals surface area (Å²) in [7, 11) is 0. The van der Waals surface area contributed by atoms with E-state index in [1.54, 1.807) is 0 Å². The van der Waals surface area contributed by atoms with E-state index in [1.807, 2.05) is 6.08 Å². The monoisotopic (exact) mass is 606 g/mol. The van der Waals surface area contributed by atoms with Gasteiger partial charge in [-0.25, -0.2) is 0 Å². The molecule has 4 nitrogen and oxygen atoms in total. The molecule has 0 rings (SSSR count). The molecule has 0 saturated heterocycles. The summed E-state index contributed by atoms with van der Waals surface area (Å²) in [5.41, 5.74) is 0. The van der Waals surface area contributed by atoms with Crippen LogP contribution in [0.15, 0.2) is 97.2 Å². The van der Waals surface area contributed by atoms with Crippen LogP contribution in [0.2, 0.25) is 0 Å². The number of esters is 1. The van der Waals surface area contributed by atoms with Crippen molar-refractivity contribution in [2.45, 2.75) is 142 Å². The van der Waals surface area contributed by atoms with E-state index in [1.165, 1.54) is 0 Å². The molecule has 0 saturated carbocycles. The highest BCUT2D eigenvalue weighted by Gasteiger charge is 2.11. The molecular weight excluding hydrogens is 544 g/mol. The first-order chi connectivity index (χ1) is 21.6. The Bertz CT molecular complexity index is 914. The maximum absolute atomic E-state index is 12.6. The SMILES string of the molecule is CC/C=C\C/C=C\C/C=C\C/C=C\CCCCC(=O)OC(/C=C\C/C=C\C/C=C\C/C=C\CC)CCCCCCCC(=O)O. The van der Waals surface area contributed by atoms with Crippen molar-refractivity contribution in [2.24, 2.45) is 0 Å². The van der Waals surface area contributed by atoms with Crippen LogP contribution in [-0.2, 0) is 14.3 Å². The summed E-state index contributed by atoms with van der Waals surface area (Å²) in [6, 6.07) is 0. The molecule has 0 aliphatic heterocycles. The van der Waals surface area contributed by atoms with Crippen molar-refractivity contribution in [1.82, 2.24) is 0 Å². The molecule has 0 aromatic rings. The Balaban J connectivity index is 4.36. The van der Waals surface area contributed by atoms with Gasteiger partial charge in [-0.1, -0.05) is 124 Å². The molecule has 1 unspecified atom stereocenters. The fraction of sp³-hybridized carbons (Fsp3) is 0.550. The van der Waals surface area contributed by atoms with Crippen molar-refractivity contribution >= 4 is 11.9 Å². The fourth-order valence-electron chi connectivity index (χ4n) is 4.32. The van der Waals surface area contributed by atoms with Crippen LogP contribution < -0.4 is 0 Å². The standard InChI is InChI=1S/C40H62O4/c1-3-5-7-9-11-13-15-16-17-18-20-22-24-29-33-37-40(43)44-38(35-31-27-25-28-32-36-39(41)42)34-30-26-23-21-19-14-12-10-8-6-4-2/h5-8,11-14,16-17,20-23,30,34,38H,3-4,9-10,15,18-19,24-29,31-33,35-37H2,1-2H3,(H,41,42)/b7-5-,8-6-,13-11-,14-12-,17-16-,22-20-,23-21-,34-30-. The summed E-state index contributed by atoms with van der Waals surface area (Å²) in [6.45, 7) is 4.29. The van der Waals surface area contributed by atoms with Gasteiger partial charge in [-0.15, -0.1) is 0 Å². The van der Waals surface area contributed by atoms with Crippen LogP contribution in [-0.4, -0.2) is 23.1 Å². The van der Waals surface area contributed by atoms with Crippen molar-refractivity contribution in [3.8, 4) is 0 Å². The average Bonchev–Trinajstić information content (AvgIpc) is 3.00. The second-order valence-corrected chi connectivity index (χ2v) is 10.9. The number of rotatable bonds is 29. The molecule has 1 atom stereocenters. The van der Waals surface area contributed by atoms with Crippen molar-refractivity contribution in [1.29, 1.82) is 0 Å². The topological polar surface area (TPSA) is 63.6 Å². The van der Waals surface area contributed by atoms with Crippen molar-refractivity contribution in [3.63, 3.8) is 0 Å². The number of carboxylic acids is 1. The Labute approximate surface area is 270 Å². The van der Waals surface area contributed by atoms with Gasteiger partial charge in [0.05, 0.1) is 0 Å². The summed E-state index contributed by atoms with van der Waals surface area (Å²) in [4.78, 5) is 23.2.